The SMILES string of the molecule is CNC(=O)C1CC(OC)CN1S(=O)(=O)c1ccc(Cl)c(CBr)c1Cl. The molecular formula is C14H17BrCl2N2O4S. The van der Waals surface area contributed by atoms with Crippen LogP contribution in [0, 0.1) is 0 Å². The van der Waals surface area contributed by atoms with Crippen molar-refractivity contribution in [3.8, 4) is 0 Å². The molecule has 1 aliphatic rings. The molecule has 10 heteroatoms. The van der Waals surface area contributed by atoms with Crippen LogP contribution in [-0.4, -0.2) is 51.5 Å². The molecule has 134 valence electrons. The summed E-state index contributed by atoms with van der Waals surface area (Å²) >= 11 is 15.6. The van der Waals surface area contributed by atoms with Crippen LogP contribution in [0.25, 0.3) is 0 Å². The molecule has 2 atom stereocenters. The van der Waals surface area contributed by atoms with Crippen molar-refractivity contribution in [2.75, 3.05) is 20.7 Å². The van der Waals surface area contributed by atoms with Crippen molar-refractivity contribution >= 4 is 55.1 Å². The lowest BCUT2D eigenvalue weighted by Crippen LogP contribution is -2.44. The molecule has 1 aromatic rings. The summed E-state index contributed by atoms with van der Waals surface area (Å²) in [7, 11) is -1.04. The Balaban J connectivity index is 2.51. The van der Waals surface area contributed by atoms with Crippen molar-refractivity contribution in [1.82, 2.24) is 9.62 Å². The smallest absolute Gasteiger partial charge is 0.245 e. The van der Waals surface area contributed by atoms with Gasteiger partial charge in [-0.1, -0.05) is 39.1 Å². The monoisotopic (exact) mass is 458 g/mol. The number of benzene rings is 1. The molecule has 2 unspecified atom stereocenters. The number of nitrogens with one attached hydrogen (secondary N) is 1. The van der Waals surface area contributed by atoms with E-state index in [1.54, 1.807) is 0 Å². The fourth-order valence-electron chi connectivity index (χ4n) is 2.63. The third-order valence-corrected chi connectivity index (χ3v) is 7.35. The first kappa shape index (κ1) is 19.9. The molecule has 0 bridgehead atoms. The first-order valence-corrected chi connectivity index (χ1v) is 10.4. The minimum atomic E-state index is -3.98. The lowest BCUT2D eigenvalue weighted by molar-refractivity contribution is -0.123. The number of halogens is 3. The van der Waals surface area contributed by atoms with Gasteiger partial charge in [-0.05, 0) is 12.1 Å². The van der Waals surface area contributed by atoms with E-state index < -0.39 is 16.1 Å². The quantitative estimate of drug-likeness (QED) is 0.686. The van der Waals surface area contributed by atoms with E-state index in [0.717, 1.165) is 4.31 Å². The normalized spacial score (nSPS) is 21.9. The first-order chi connectivity index (χ1) is 11.3. The average Bonchev–Trinajstić information content (AvgIpc) is 2.99. The molecule has 1 fully saturated rings. The van der Waals surface area contributed by atoms with Crippen LogP contribution in [0.2, 0.25) is 10.0 Å². The van der Waals surface area contributed by atoms with Gasteiger partial charge in [0.05, 0.1) is 11.1 Å². The highest BCUT2D eigenvalue weighted by molar-refractivity contribution is 9.08. The average molecular weight is 460 g/mol. The maximum absolute atomic E-state index is 13.1. The van der Waals surface area contributed by atoms with Crippen molar-refractivity contribution < 1.29 is 17.9 Å². The van der Waals surface area contributed by atoms with E-state index in [0.29, 0.717) is 15.9 Å². The lowest BCUT2D eigenvalue weighted by atomic mass is 10.2. The van der Waals surface area contributed by atoms with E-state index in [1.807, 2.05) is 0 Å². The highest BCUT2D eigenvalue weighted by atomic mass is 79.9. The summed E-state index contributed by atoms with van der Waals surface area (Å²) < 4.78 is 32.5. The first-order valence-electron chi connectivity index (χ1n) is 7.07. The van der Waals surface area contributed by atoms with Crippen molar-refractivity contribution in [3.05, 3.63) is 27.7 Å². The summed E-state index contributed by atoms with van der Waals surface area (Å²) in [5.74, 6) is -0.385. The van der Waals surface area contributed by atoms with Crippen LogP contribution in [0.5, 0.6) is 0 Å². The van der Waals surface area contributed by atoms with Crippen LogP contribution in [0.1, 0.15) is 12.0 Å². The Hall–Kier alpha value is -0.380. The summed E-state index contributed by atoms with van der Waals surface area (Å²) in [4.78, 5) is 12.0. The van der Waals surface area contributed by atoms with Crippen LogP contribution >= 0.6 is 39.1 Å². The molecule has 6 nitrogen and oxygen atoms in total. The van der Waals surface area contributed by atoms with Gasteiger partial charge in [-0.3, -0.25) is 4.79 Å². The second-order valence-electron chi connectivity index (χ2n) is 5.27. The zero-order valence-electron chi connectivity index (χ0n) is 13.1. The molecule has 0 saturated carbocycles. The molecule has 24 heavy (non-hydrogen) atoms. The van der Waals surface area contributed by atoms with E-state index in [9.17, 15) is 13.2 Å². The molecule has 1 N–H and O–H groups in total. The van der Waals surface area contributed by atoms with Gasteiger partial charge in [0.2, 0.25) is 15.9 Å². The van der Waals surface area contributed by atoms with Gasteiger partial charge in [0.1, 0.15) is 10.9 Å². The molecule has 0 spiro atoms. The maximum atomic E-state index is 13.1. The van der Waals surface area contributed by atoms with Gasteiger partial charge in [0, 0.05) is 43.0 Å². The van der Waals surface area contributed by atoms with Crippen LogP contribution in [0.15, 0.2) is 17.0 Å². The molecule has 1 aliphatic heterocycles. The second kappa shape index (κ2) is 7.88. The Labute approximate surface area is 159 Å². The van der Waals surface area contributed by atoms with Crippen molar-refractivity contribution in [3.63, 3.8) is 0 Å². The highest BCUT2D eigenvalue weighted by Crippen LogP contribution is 2.36. The third kappa shape index (κ3) is 3.59. The van der Waals surface area contributed by atoms with E-state index in [1.165, 1.54) is 26.3 Å². The molecule has 1 aromatic carbocycles. The number of carbonyl (C=O) groups excluding carboxylic acids is 1. The van der Waals surface area contributed by atoms with Gasteiger partial charge in [-0.25, -0.2) is 8.42 Å². The number of hydrogen-bond donors (Lipinski definition) is 1. The Morgan fingerprint density at radius 1 is 1.46 bits per heavy atom. The summed E-state index contributed by atoms with van der Waals surface area (Å²) in [5.41, 5.74) is 0.485. The van der Waals surface area contributed by atoms with Gasteiger partial charge >= 0.3 is 0 Å². The van der Waals surface area contributed by atoms with E-state index in [4.69, 9.17) is 27.9 Å². The summed E-state index contributed by atoms with van der Waals surface area (Å²) in [6.07, 6.45) is -0.0740. The van der Waals surface area contributed by atoms with Gasteiger partial charge in [0.25, 0.3) is 0 Å². The third-order valence-electron chi connectivity index (χ3n) is 3.97. The van der Waals surface area contributed by atoms with E-state index in [-0.39, 0.29) is 34.9 Å². The fraction of sp³-hybridized carbons (Fsp3) is 0.500. The molecule has 1 heterocycles. The number of hydrogen-bond acceptors (Lipinski definition) is 4. The number of ether oxygens (including phenoxy) is 1. The van der Waals surface area contributed by atoms with Gasteiger partial charge in [-0.15, -0.1) is 0 Å². The number of carbonyl (C=O) groups is 1. The number of likely N-dealkylation sites (N-methyl/N-ethyl adjacent to an activating group) is 1. The topological polar surface area (TPSA) is 75.7 Å². The van der Waals surface area contributed by atoms with Gasteiger partial charge < -0.3 is 10.1 Å². The Kier molecular flexibility index (Phi) is 6.55. The van der Waals surface area contributed by atoms with Gasteiger partial charge in [0.15, 0.2) is 0 Å². The molecule has 0 radical (unpaired) electrons. The van der Waals surface area contributed by atoms with E-state index in [2.05, 4.69) is 21.2 Å². The summed E-state index contributed by atoms with van der Waals surface area (Å²) in [5, 5.41) is 3.22. The largest absolute Gasteiger partial charge is 0.380 e. The Morgan fingerprint density at radius 3 is 2.67 bits per heavy atom. The molecule has 0 aromatic heterocycles. The zero-order valence-corrected chi connectivity index (χ0v) is 17.0. The highest BCUT2D eigenvalue weighted by Gasteiger charge is 2.44. The Morgan fingerprint density at radius 2 is 2.12 bits per heavy atom. The number of alkyl halides is 1. The Bertz CT molecular complexity index is 745. The molecule has 0 aliphatic carbocycles. The number of rotatable bonds is 5. The number of amides is 1. The predicted octanol–water partition coefficient (Wildman–Crippen LogP) is 2.41. The van der Waals surface area contributed by atoms with Crippen molar-refractivity contribution in [2.45, 2.75) is 28.8 Å². The molecule has 1 saturated heterocycles. The van der Waals surface area contributed by atoms with E-state index >= 15 is 0 Å². The maximum Gasteiger partial charge on any atom is 0.245 e. The standard InChI is InChI=1S/C14H17BrCl2N2O4S/c1-18-14(20)11-5-8(23-2)7-19(11)24(21,22)12-4-3-10(16)9(6-15)13(12)17/h3-4,8,11H,5-7H2,1-2H3,(H,18,20). The molecule has 1 amide bonds. The van der Waals surface area contributed by atoms with Gasteiger partial charge in [-0.2, -0.15) is 4.31 Å². The molecular weight excluding hydrogens is 443 g/mol. The number of sulfonamides is 1. The van der Waals surface area contributed by atoms with Crippen molar-refractivity contribution in [2.24, 2.45) is 0 Å². The zero-order chi connectivity index (χ0) is 18.1. The summed E-state index contributed by atoms with van der Waals surface area (Å²) in [6.45, 7) is 0.0829. The molecule has 2 rings (SSSR count). The minimum absolute atomic E-state index is 0.0518. The van der Waals surface area contributed by atoms with Crippen molar-refractivity contribution in [1.29, 1.82) is 0 Å². The van der Waals surface area contributed by atoms with Crippen LogP contribution in [0.3, 0.4) is 0 Å². The lowest BCUT2D eigenvalue weighted by Gasteiger charge is -2.23. The fourth-order valence-corrected chi connectivity index (χ4v) is 6.06. The minimum Gasteiger partial charge on any atom is -0.380 e. The second-order valence-corrected chi connectivity index (χ2v) is 8.47. The van der Waals surface area contributed by atoms with Crippen LogP contribution < -0.4 is 5.32 Å². The number of nitrogens with zero attached hydrogens (tertiary/aromatic N) is 1. The summed E-state index contributed by atoms with van der Waals surface area (Å²) in [6, 6.07) is 1.99. The van der Waals surface area contributed by atoms with Crippen LogP contribution in [0.4, 0.5) is 0 Å². The predicted molar refractivity (Wildman–Crippen MR) is 96.3 cm³/mol. The number of methoxy groups -OCH3 is 1. The van der Waals surface area contributed by atoms with Crippen LogP contribution in [-0.2, 0) is 24.9 Å².